The molecule has 8 heteroatoms. The lowest BCUT2D eigenvalue weighted by molar-refractivity contribution is -0.159. The minimum Gasteiger partial charge on any atom is -0.473 e. The van der Waals surface area contributed by atoms with Crippen molar-refractivity contribution in [3.8, 4) is 0 Å². The second-order valence-corrected chi connectivity index (χ2v) is 5.00. The molecule has 0 saturated carbocycles. The molecule has 0 amide bonds. The highest BCUT2D eigenvalue weighted by molar-refractivity contribution is 7.80. The van der Waals surface area contributed by atoms with Crippen LogP contribution in [0.1, 0.15) is 26.7 Å². The van der Waals surface area contributed by atoms with Gasteiger partial charge in [-0.3, -0.25) is 0 Å². The molecule has 1 aliphatic rings. The molecule has 0 bridgehead atoms. The quantitative estimate of drug-likeness (QED) is 0.391. The third-order valence-corrected chi connectivity index (χ3v) is 3.50. The van der Waals surface area contributed by atoms with Gasteiger partial charge in [-0.05, 0) is 25.2 Å². The molecule has 122 valence electrons. The van der Waals surface area contributed by atoms with Crippen molar-refractivity contribution < 1.29 is 19.8 Å². The van der Waals surface area contributed by atoms with Gasteiger partial charge in [0.05, 0.1) is 0 Å². The molecule has 3 N–H and O–H groups in total. The maximum absolute atomic E-state index is 9.10. The van der Waals surface area contributed by atoms with Gasteiger partial charge in [0.25, 0.3) is 0 Å². The van der Waals surface area contributed by atoms with E-state index in [2.05, 4.69) is 29.0 Å². The van der Waals surface area contributed by atoms with E-state index < -0.39 is 11.9 Å². The lowest BCUT2D eigenvalue weighted by Gasteiger charge is -2.35. The lowest BCUT2D eigenvalue weighted by Crippen LogP contribution is -2.51. The summed E-state index contributed by atoms with van der Waals surface area (Å²) in [7, 11) is 0. The Bertz CT molecular complexity index is 332. The highest BCUT2D eigenvalue weighted by Crippen LogP contribution is 2.01. The number of nitrogens with one attached hydrogen (secondary N) is 1. The SMILES string of the molecule is CCCCNC(=S)N1CCN(CC)CC1.O=C(O)C(=O)O. The topological polar surface area (TPSA) is 93.1 Å². The summed E-state index contributed by atoms with van der Waals surface area (Å²) in [5.74, 6) is -3.65. The second kappa shape index (κ2) is 11.3. The number of hydrogen-bond donors (Lipinski definition) is 3. The molecule has 0 aromatic heterocycles. The molecule has 0 atom stereocenters. The Hall–Kier alpha value is -1.41. The fourth-order valence-corrected chi connectivity index (χ4v) is 2.04. The molecule has 0 aromatic carbocycles. The van der Waals surface area contributed by atoms with Crippen LogP contribution < -0.4 is 5.32 Å². The Kier molecular flexibility index (Phi) is 10.5. The number of carboxylic acid groups (broad SMARTS) is 2. The van der Waals surface area contributed by atoms with E-state index in [1.165, 1.54) is 12.8 Å². The van der Waals surface area contributed by atoms with Crippen LogP contribution in [0.15, 0.2) is 0 Å². The van der Waals surface area contributed by atoms with Crippen LogP contribution in [0.5, 0.6) is 0 Å². The van der Waals surface area contributed by atoms with Crippen LogP contribution in [0.4, 0.5) is 0 Å². The molecule has 0 unspecified atom stereocenters. The molecule has 21 heavy (non-hydrogen) atoms. The van der Waals surface area contributed by atoms with Gasteiger partial charge < -0.3 is 25.3 Å². The van der Waals surface area contributed by atoms with Crippen LogP contribution in [0.25, 0.3) is 0 Å². The molecule has 1 saturated heterocycles. The predicted molar refractivity (Wildman–Crippen MR) is 84.5 cm³/mol. The second-order valence-electron chi connectivity index (χ2n) is 4.62. The smallest absolute Gasteiger partial charge is 0.414 e. The monoisotopic (exact) mass is 319 g/mol. The summed E-state index contributed by atoms with van der Waals surface area (Å²) in [5, 5.41) is 19.1. The van der Waals surface area contributed by atoms with Gasteiger partial charge in [0.2, 0.25) is 0 Å². The van der Waals surface area contributed by atoms with Crippen LogP contribution in [-0.4, -0.2) is 76.3 Å². The number of unbranched alkanes of at least 4 members (excludes halogenated alkanes) is 1. The molecular weight excluding hydrogens is 294 g/mol. The zero-order chi connectivity index (χ0) is 16.3. The minimum absolute atomic E-state index is 0.944. The van der Waals surface area contributed by atoms with E-state index in [0.29, 0.717) is 0 Å². The van der Waals surface area contributed by atoms with Gasteiger partial charge in [0, 0.05) is 32.7 Å². The first-order valence-corrected chi connectivity index (χ1v) is 7.54. The number of thiocarbonyl (C=S) groups is 1. The van der Waals surface area contributed by atoms with Gasteiger partial charge in [-0.25, -0.2) is 9.59 Å². The van der Waals surface area contributed by atoms with Gasteiger partial charge in [0.15, 0.2) is 5.11 Å². The first-order valence-electron chi connectivity index (χ1n) is 7.13. The lowest BCUT2D eigenvalue weighted by atomic mass is 10.3. The number of aliphatic carboxylic acids is 2. The van der Waals surface area contributed by atoms with Crippen molar-refractivity contribution in [2.45, 2.75) is 26.7 Å². The average Bonchev–Trinajstić information content (AvgIpc) is 2.48. The Labute approximate surface area is 130 Å². The van der Waals surface area contributed by atoms with Gasteiger partial charge in [-0.2, -0.15) is 0 Å². The standard InChI is InChI=1S/C11H23N3S.C2H2O4/c1-3-5-6-12-11(15)14-9-7-13(4-2)8-10-14;3-1(4)2(5)6/h3-10H2,1-2H3,(H,12,15);(H,3,4)(H,5,6). The van der Waals surface area contributed by atoms with Crippen molar-refractivity contribution >= 4 is 29.3 Å². The Morgan fingerprint density at radius 3 is 2.00 bits per heavy atom. The largest absolute Gasteiger partial charge is 0.473 e. The first kappa shape index (κ1) is 19.6. The molecule has 0 aromatic rings. The minimum atomic E-state index is -1.82. The van der Waals surface area contributed by atoms with Crippen molar-refractivity contribution in [2.75, 3.05) is 39.3 Å². The highest BCUT2D eigenvalue weighted by Gasteiger charge is 2.16. The molecular formula is C13H25N3O4S. The fourth-order valence-electron chi connectivity index (χ4n) is 1.75. The van der Waals surface area contributed by atoms with Crippen LogP contribution in [0.3, 0.4) is 0 Å². The number of carbonyl (C=O) groups is 2. The van der Waals surface area contributed by atoms with E-state index in [4.69, 9.17) is 32.0 Å². The third kappa shape index (κ3) is 9.19. The summed E-state index contributed by atoms with van der Waals surface area (Å²) in [6, 6.07) is 0. The molecule has 0 spiro atoms. The highest BCUT2D eigenvalue weighted by atomic mass is 32.1. The Morgan fingerprint density at radius 1 is 1.10 bits per heavy atom. The number of piperazine rings is 1. The summed E-state index contributed by atoms with van der Waals surface area (Å²) in [6.45, 7) is 11.0. The third-order valence-electron chi connectivity index (χ3n) is 3.10. The van der Waals surface area contributed by atoms with E-state index in [0.717, 1.165) is 44.4 Å². The summed E-state index contributed by atoms with van der Waals surface area (Å²) in [5.41, 5.74) is 0. The van der Waals surface area contributed by atoms with Crippen LogP contribution in [-0.2, 0) is 9.59 Å². The van der Waals surface area contributed by atoms with Gasteiger partial charge in [-0.1, -0.05) is 20.3 Å². The zero-order valence-electron chi connectivity index (χ0n) is 12.7. The molecule has 1 fully saturated rings. The maximum Gasteiger partial charge on any atom is 0.414 e. The summed E-state index contributed by atoms with van der Waals surface area (Å²) in [6.07, 6.45) is 2.42. The van der Waals surface area contributed by atoms with Gasteiger partial charge in [-0.15, -0.1) is 0 Å². The summed E-state index contributed by atoms with van der Waals surface area (Å²) >= 11 is 5.36. The normalized spacial score (nSPS) is 14.9. The maximum atomic E-state index is 9.10. The number of nitrogens with zero attached hydrogens (tertiary/aromatic N) is 2. The molecule has 0 aliphatic carbocycles. The van der Waals surface area contributed by atoms with Crippen LogP contribution >= 0.6 is 12.2 Å². The van der Waals surface area contributed by atoms with Crippen molar-refractivity contribution in [1.82, 2.24) is 15.1 Å². The van der Waals surface area contributed by atoms with E-state index in [9.17, 15) is 0 Å². The van der Waals surface area contributed by atoms with E-state index in [-0.39, 0.29) is 0 Å². The van der Waals surface area contributed by atoms with Gasteiger partial charge >= 0.3 is 11.9 Å². The zero-order valence-corrected chi connectivity index (χ0v) is 13.5. The first-order chi connectivity index (χ1) is 9.92. The van der Waals surface area contributed by atoms with E-state index >= 15 is 0 Å². The average molecular weight is 319 g/mol. The van der Waals surface area contributed by atoms with Crippen molar-refractivity contribution in [3.63, 3.8) is 0 Å². The summed E-state index contributed by atoms with van der Waals surface area (Å²) in [4.78, 5) is 23.0. The van der Waals surface area contributed by atoms with Gasteiger partial charge in [0.1, 0.15) is 0 Å². The molecule has 1 aliphatic heterocycles. The van der Waals surface area contributed by atoms with Crippen molar-refractivity contribution in [1.29, 1.82) is 0 Å². The Balaban J connectivity index is 0.000000567. The molecule has 1 heterocycles. The summed E-state index contributed by atoms with van der Waals surface area (Å²) < 4.78 is 0. The van der Waals surface area contributed by atoms with Crippen LogP contribution in [0.2, 0.25) is 0 Å². The van der Waals surface area contributed by atoms with E-state index in [1.54, 1.807) is 0 Å². The molecule has 7 nitrogen and oxygen atoms in total. The Morgan fingerprint density at radius 2 is 1.62 bits per heavy atom. The predicted octanol–water partition coefficient (Wildman–Crippen LogP) is 0.454. The molecule has 0 radical (unpaired) electrons. The van der Waals surface area contributed by atoms with Crippen molar-refractivity contribution in [3.05, 3.63) is 0 Å². The van der Waals surface area contributed by atoms with Crippen LogP contribution in [0, 0.1) is 0 Å². The van der Waals surface area contributed by atoms with Crippen molar-refractivity contribution in [2.24, 2.45) is 0 Å². The van der Waals surface area contributed by atoms with E-state index in [1.807, 2.05) is 0 Å². The number of carboxylic acids is 2. The number of hydrogen-bond acceptors (Lipinski definition) is 4. The molecule has 1 rings (SSSR count). The number of rotatable bonds is 4. The fraction of sp³-hybridized carbons (Fsp3) is 0.769. The number of likely N-dealkylation sites (N-methyl/N-ethyl adjacent to an activating group) is 1.